The molecule has 1 fully saturated rings. The van der Waals surface area contributed by atoms with Crippen LogP contribution in [0.25, 0.3) is 10.9 Å². The summed E-state index contributed by atoms with van der Waals surface area (Å²) in [6.45, 7) is 3.51. The van der Waals surface area contributed by atoms with Crippen LogP contribution in [0.3, 0.4) is 0 Å². The number of rotatable bonds is 8. The number of carbonyl (C=O) groups is 2. The van der Waals surface area contributed by atoms with Gasteiger partial charge in [-0.15, -0.1) is 0 Å². The molecule has 0 bridgehead atoms. The van der Waals surface area contributed by atoms with Crippen LogP contribution < -0.4 is 15.2 Å². The molecule has 1 amide bonds. The van der Waals surface area contributed by atoms with Gasteiger partial charge in [-0.1, -0.05) is 0 Å². The van der Waals surface area contributed by atoms with Crippen molar-refractivity contribution < 1.29 is 23.5 Å². The van der Waals surface area contributed by atoms with Crippen molar-refractivity contribution in [2.45, 2.75) is 25.7 Å². The Balaban J connectivity index is 0.000000196. The Morgan fingerprint density at radius 3 is 2.50 bits per heavy atom. The Kier molecular flexibility index (Phi) is 8.59. The van der Waals surface area contributed by atoms with Crippen molar-refractivity contribution in [2.75, 3.05) is 33.9 Å². The normalized spacial score (nSPS) is 13.4. The lowest BCUT2D eigenvalue weighted by Gasteiger charge is -2.15. The van der Waals surface area contributed by atoms with Crippen molar-refractivity contribution in [1.82, 2.24) is 14.7 Å². The van der Waals surface area contributed by atoms with E-state index >= 15 is 0 Å². The average molecular weight is 471 g/mol. The number of nitrogens with zero attached hydrogens (tertiary/aromatic N) is 3. The molecule has 1 saturated heterocycles. The molecule has 0 saturated carbocycles. The molecule has 0 spiro atoms. The molecule has 0 atom stereocenters. The molecule has 0 unspecified atom stereocenters. The molecule has 3 aromatic rings. The van der Waals surface area contributed by atoms with E-state index in [1.165, 1.54) is 40.2 Å². The predicted octanol–water partition coefficient (Wildman–Crippen LogP) is 3.11. The second-order valence-corrected chi connectivity index (χ2v) is 8.20. The van der Waals surface area contributed by atoms with Crippen LogP contribution in [0.15, 0.2) is 36.5 Å². The fourth-order valence-corrected chi connectivity index (χ4v) is 4.08. The maximum absolute atomic E-state index is 13.8. The summed E-state index contributed by atoms with van der Waals surface area (Å²) in [4.78, 5) is 24.5. The molecular formula is C25H31FN4O4. The van der Waals surface area contributed by atoms with Gasteiger partial charge in [0.25, 0.3) is 5.91 Å². The van der Waals surface area contributed by atoms with Gasteiger partial charge in [0, 0.05) is 18.0 Å². The minimum absolute atomic E-state index is 0.186. The number of fused-ring (bicyclic) bond motifs is 1. The van der Waals surface area contributed by atoms with Crippen LogP contribution in [0.4, 0.5) is 4.39 Å². The van der Waals surface area contributed by atoms with Crippen molar-refractivity contribution in [1.29, 1.82) is 0 Å². The van der Waals surface area contributed by atoms with Crippen molar-refractivity contribution >= 4 is 22.6 Å². The van der Waals surface area contributed by atoms with Gasteiger partial charge in [0.2, 0.25) is 5.78 Å². The Bertz CT molecular complexity index is 1160. The molecule has 1 aliphatic heterocycles. The molecule has 0 radical (unpaired) electrons. The molecule has 1 aromatic heterocycles. The number of hydrogen-bond donors (Lipinski definition) is 1. The summed E-state index contributed by atoms with van der Waals surface area (Å²) in [7, 11) is 4.79. The quantitative estimate of drug-likeness (QED) is 0.401. The van der Waals surface area contributed by atoms with Crippen molar-refractivity contribution in [3.8, 4) is 11.5 Å². The smallest absolute Gasteiger partial charge is 0.289 e. The van der Waals surface area contributed by atoms with Crippen LogP contribution in [0.5, 0.6) is 11.5 Å². The van der Waals surface area contributed by atoms with Crippen molar-refractivity contribution in [2.24, 2.45) is 12.8 Å². The van der Waals surface area contributed by atoms with Gasteiger partial charge >= 0.3 is 0 Å². The predicted molar refractivity (Wildman–Crippen MR) is 128 cm³/mol. The molecule has 0 aliphatic carbocycles. The maximum atomic E-state index is 13.8. The number of aryl methyl sites for hydroxylation is 2. The monoisotopic (exact) mass is 470 g/mol. The molecule has 4 rings (SSSR count). The van der Waals surface area contributed by atoms with Gasteiger partial charge in [-0.3, -0.25) is 14.3 Å². The Morgan fingerprint density at radius 2 is 1.85 bits per heavy atom. The van der Waals surface area contributed by atoms with E-state index in [4.69, 9.17) is 15.2 Å². The molecule has 2 aromatic carbocycles. The van der Waals surface area contributed by atoms with Gasteiger partial charge in [0.05, 0.1) is 25.9 Å². The van der Waals surface area contributed by atoms with Crippen molar-refractivity contribution in [3.63, 3.8) is 0 Å². The number of aromatic nitrogens is 2. The Morgan fingerprint density at radius 1 is 1.12 bits per heavy atom. The number of benzene rings is 2. The lowest BCUT2D eigenvalue weighted by atomic mass is 10.1. The summed E-state index contributed by atoms with van der Waals surface area (Å²) in [5.41, 5.74) is 7.07. The number of ether oxygens (including phenoxy) is 2. The van der Waals surface area contributed by atoms with Crippen molar-refractivity contribution in [3.05, 3.63) is 53.5 Å². The number of ketones is 1. The van der Waals surface area contributed by atoms with Gasteiger partial charge in [-0.25, -0.2) is 4.39 Å². The first-order valence-electron chi connectivity index (χ1n) is 11.2. The highest BCUT2D eigenvalue weighted by Crippen LogP contribution is 2.31. The topological polar surface area (TPSA) is 99.7 Å². The third kappa shape index (κ3) is 6.11. The maximum Gasteiger partial charge on any atom is 0.289 e. The standard InChI is InChI=1S/C15H22FNO2.C10H9N3O2/c1-18-14-11-12(10-13(16)15(14)19-2)6-5-9-17-7-3-4-8-17;1-13-8-3-2-6(9(14)10(11)15)4-7(8)5-12-13/h10-11H,3-9H2,1-2H3;2-5H,1H3,(H2,11,15). The second-order valence-electron chi connectivity index (χ2n) is 8.20. The highest BCUT2D eigenvalue weighted by atomic mass is 19.1. The zero-order chi connectivity index (χ0) is 24.7. The fourth-order valence-electron chi connectivity index (χ4n) is 4.08. The highest BCUT2D eigenvalue weighted by Gasteiger charge is 2.14. The van der Waals surface area contributed by atoms with E-state index < -0.39 is 11.7 Å². The van der Waals surface area contributed by atoms with Gasteiger partial charge in [0.1, 0.15) is 0 Å². The van der Waals surface area contributed by atoms with Crippen LogP contribution in [-0.2, 0) is 18.3 Å². The van der Waals surface area contributed by atoms with Crippen LogP contribution in [0.1, 0.15) is 35.2 Å². The number of likely N-dealkylation sites (tertiary alicyclic amines) is 1. The summed E-state index contributed by atoms with van der Waals surface area (Å²) >= 11 is 0. The van der Waals surface area contributed by atoms with Gasteiger partial charge < -0.3 is 20.1 Å². The Hall–Kier alpha value is -3.46. The number of primary amides is 1. The van der Waals surface area contributed by atoms with Crippen LogP contribution >= 0.6 is 0 Å². The highest BCUT2D eigenvalue weighted by molar-refractivity contribution is 6.42. The average Bonchev–Trinajstić information content (AvgIpc) is 3.48. The van der Waals surface area contributed by atoms with E-state index in [0.717, 1.165) is 35.9 Å². The zero-order valence-electron chi connectivity index (χ0n) is 19.8. The van der Waals surface area contributed by atoms with Crippen LogP contribution in [0.2, 0.25) is 0 Å². The lowest BCUT2D eigenvalue weighted by molar-refractivity contribution is -0.114. The molecule has 8 nitrogen and oxygen atoms in total. The zero-order valence-corrected chi connectivity index (χ0v) is 19.8. The first kappa shape index (κ1) is 25.2. The number of methoxy groups -OCH3 is 2. The van der Waals surface area contributed by atoms with E-state index in [1.54, 1.807) is 42.2 Å². The molecule has 34 heavy (non-hydrogen) atoms. The Labute approximate surface area is 198 Å². The number of amides is 1. The van der Waals surface area contributed by atoms with Gasteiger partial charge in [-0.05, 0) is 81.2 Å². The molecule has 9 heteroatoms. The van der Waals surface area contributed by atoms with E-state index in [9.17, 15) is 14.0 Å². The van der Waals surface area contributed by atoms with E-state index in [-0.39, 0.29) is 11.6 Å². The summed E-state index contributed by atoms with van der Waals surface area (Å²) in [5, 5.41) is 4.84. The van der Waals surface area contributed by atoms with Gasteiger partial charge in [-0.2, -0.15) is 5.10 Å². The minimum Gasteiger partial charge on any atom is -0.493 e. The first-order valence-corrected chi connectivity index (χ1v) is 11.2. The number of halogens is 1. The van der Waals surface area contributed by atoms with Gasteiger partial charge in [0.15, 0.2) is 17.3 Å². The first-order chi connectivity index (χ1) is 16.3. The summed E-state index contributed by atoms with van der Waals surface area (Å²) in [6, 6.07) is 8.32. The third-order valence-corrected chi connectivity index (χ3v) is 5.86. The number of carbonyl (C=O) groups excluding carboxylic acids is 2. The molecular weight excluding hydrogens is 439 g/mol. The number of hydrogen-bond acceptors (Lipinski definition) is 6. The molecule has 182 valence electrons. The molecule has 2 heterocycles. The SMILES string of the molecule is COc1cc(CCCN2CCCC2)cc(F)c1OC.Cn1ncc2cc(C(=O)C(N)=O)ccc21. The summed E-state index contributed by atoms with van der Waals surface area (Å²) in [5.74, 6) is -1.32. The number of Topliss-reactive ketones (excluding diaryl/α,β-unsaturated/α-hetero) is 1. The van der Waals surface area contributed by atoms with Crippen LogP contribution in [0, 0.1) is 5.82 Å². The molecule has 1 aliphatic rings. The lowest BCUT2D eigenvalue weighted by Crippen LogP contribution is -2.22. The van der Waals surface area contributed by atoms with Crippen LogP contribution in [-0.4, -0.2) is 60.2 Å². The summed E-state index contributed by atoms with van der Waals surface area (Å²) < 4.78 is 25.7. The summed E-state index contributed by atoms with van der Waals surface area (Å²) in [6.07, 6.45) is 6.17. The fraction of sp³-hybridized carbons (Fsp3) is 0.400. The molecule has 2 N–H and O–H groups in total. The largest absolute Gasteiger partial charge is 0.493 e. The third-order valence-electron chi connectivity index (χ3n) is 5.86. The second kappa shape index (κ2) is 11.6. The van der Waals surface area contributed by atoms with E-state index in [2.05, 4.69) is 10.00 Å². The van der Waals surface area contributed by atoms with E-state index in [1.807, 2.05) is 6.07 Å². The number of nitrogens with two attached hydrogens (primary N) is 1. The minimum atomic E-state index is -0.946. The van der Waals surface area contributed by atoms with E-state index in [0.29, 0.717) is 11.3 Å².